The summed E-state index contributed by atoms with van der Waals surface area (Å²) in [7, 11) is 0. The van der Waals surface area contributed by atoms with Crippen LogP contribution < -0.4 is 0 Å². The summed E-state index contributed by atoms with van der Waals surface area (Å²) < 4.78 is 6.08. The van der Waals surface area contributed by atoms with E-state index in [2.05, 4.69) is 9.97 Å². The maximum atomic E-state index is 5.95. The molecule has 0 aromatic carbocycles. The summed E-state index contributed by atoms with van der Waals surface area (Å²) in [6.45, 7) is 1.48. The van der Waals surface area contributed by atoms with Gasteiger partial charge in [-0.2, -0.15) is 0 Å². The van der Waals surface area contributed by atoms with Gasteiger partial charge in [0, 0.05) is 12.5 Å². The highest BCUT2D eigenvalue weighted by atomic mass is 127. The van der Waals surface area contributed by atoms with E-state index >= 15 is 0 Å². The topological polar surface area (TPSA) is 35.0 Å². The van der Waals surface area contributed by atoms with Crippen molar-refractivity contribution in [1.29, 1.82) is 0 Å². The smallest absolute Gasteiger partial charge is 0.147 e. The Labute approximate surface area is 112 Å². The first kappa shape index (κ1) is 11.8. The fraction of sp³-hybridized carbons (Fsp3) is 0.556. The quantitative estimate of drug-likeness (QED) is 0.570. The number of hydrogen-bond donors (Lipinski definition) is 0. The third-order valence-electron chi connectivity index (χ3n) is 2.31. The fourth-order valence-electron chi connectivity index (χ4n) is 1.54. The molecule has 2 heterocycles. The van der Waals surface area contributed by atoms with Crippen molar-refractivity contribution in [2.24, 2.45) is 0 Å². The molecular weight excluding hydrogens is 350 g/mol. The molecule has 1 saturated heterocycles. The summed E-state index contributed by atoms with van der Waals surface area (Å²) in [5.74, 6) is 0.927. The number of rotatable bonds is 1. The molecular formula is C9H9Cl2IN2O. The van der Waals surface area contributed by atoms with Gasteiger partial charge in [-0.3, -0.25) is 0 Å². The van der Waals surface area contributed by atoms with Gasteiger partial charge in [-0.15, -0.1) is 0 Å². The Morgan fingerprint density at radius 3 is 2.47 bits per heavy atom. The highest BCUT2D eigenvalue weighted by Crippen LogP contribution is 2.28. The Morgan fingerprint density at radius 2 is 1.93 bits per heavy atom. The molecule has 0 N–H and O–H groups in total. The van der Waals surface area contributed by atoms with Crippen LogP contribution in [0.4, 0.5) is 0 Å². The lowest BCUT2D eigenvalue weighted by Gasteiger charge is -2.20. The van der Waals surface area contributed by atoms with E-state index in [0.29, 0.717) is 26.3 Å². The fourth-order valence-corrected chi connectivity index (χ4v) is 2.18. The van der Waals surface area contributed by atoms with Crippen LogP contribution in [-0.4, -0.2) is 23.2 Å². The minimum Gasteiger partial charge on any atom is -0.381 e. The minimum atomic E-state index is 0.228. The Hall–Kier alpha value is 0.350. The molecule has 0 amide bonds. The number of halogens is 3. The normalized spacial score (nSPS) is 21.7. The van der Waals surface area contributed by atoms with Gasteiger partial charge < -0.3 is 4.74 Å². The van der Waals surface area contributed by atoms with E-state index < -0.39 is 0 Å². The van der Waals surface area contributed by atoms with Crippen LogP contribution in [-0.2, 0) is 4.74 Å². The van der Waals surface area contributed by atoms with Crippen molar-refractivity contribution in [3.63, 3.8) is 0 Å². The van der Waals surface area contributed by atoms with E-state index in [1.165, 1.54) is 0 Å². The molecule has 82 valence electrons. The maximum absolute atomic E-state index is 5.95. The third kappa shape index (κ3) is 2.72. The zero-order valence-electron chi connectivity index (χ0n) is 7.84. The highest BCUT2D eigenvalue weighted by molar-refractivity contribution is 14.1. The second-order valence-electron chi connectivity index (χ2n) is 3.39. The van der Waals surface area contributed by atoms with Crippen LogP contribution in [0, 0.1) is 3.57 Å². The van der Waals surface area contributed by atoms with E-state index in [0.717, 1.165) is 19.4 Å². The Bertz CT molecular complexity index is 346. The van der Waals surface area contributed by atoms with E-state index in [1.54, 1.807) is 0 Å². The Morgan fingerprint density at radius 1 is 1.27 bits per heavy atom. The maximum Gasteiger partial charge on any atom is 0.147 e. The van der Waals surface area contributed by atoms with Gasteiger partial charge >= 0.3 is 0 Å². The molecule has 15 heavy (non-hydrogen) atoms. The van der Waals surface area contributed by atoms with Crippen molar-refractivity contribution in [2.75, 3.05) is 13.2 Å². The van der Waals surface area contributed by atoms with Crippen molar-refractivity contribution < 1.29 is 4.74 Å². The molecule has 1 fully saturated rings. The van der Waals surface area contributed by atoms with Gasteiger partial charge in [0.1, 0.15) is 16.1 Å². The molecule has 1 unspecified atom stereocenters. The molecule has 6 heteroatoms. The van der Waals surface area contributed by atoms with Crippen molar-refractivity contribution in [3.05, 3.63) is 19.7 Å². The molecule has 1 aromatic heterocycles. The minimum absolute atomic E-state index is 0.228. The Balaban J connectivity index is 2.27. The Kier molecular flexibility index (Phi) is 4.04. The van der Waals surface area contributed by atoms with Crippen molar-refractivity contribution in [1.82, 2.24) is 9.97 Å². The molecule has 0 radical (unpaired) electrons. The number of hydrogen-bond acceptors (Lipinski definition) is 3. The van der Waals surface area contributed by atoms with E-state index in [9.17, 15) is 0 Å². The van der Waals surface area contributed by atoms with Crippen LogP contribution in [0.25, 0.3) is 0 Å². The summed E-state index contributed by atoms with van der Waals surface area (Å²) in [4.78, 5) is 8.48. The van der Waals surface area contributed by atoms with Gasteiger partial charge in [-0.25, -0.2) is 9.97 Å². The van der Waals surface area contributed by atoms with E-state index in [-0.39, 0.29) is 5.92 Å². The van der Waals surface area contributed by atoms with Gasteiger partial charge in [-0.1, -0.05) is 23.2 Å². The molecule has 2 rings (SSSR count). The van der Waals surface area contributed by atoms with Crippen LogP contribution in [0.1, 0.15) is 24.6 Å². The van der Waals surface area contributed by atoms with Gasteiger partial charge in [0.25, 0.3) is 0 Å². The number of ether oxygens (including phenoxy) is 1. The largest absolute Gasteiger partial charge is 0.381 e. The molecule has 0 aliphatic carbocycles. The summed E-state index contributed by atoms with van der Waals surface area (Å²) in [5, 5.41) is 0.854. The second-order valence-corrected chi connectivity index (χ2v) is 5.19. The predicted octanol–water partition coefficient (Wildman–Crippen LogP) is 3.28. The lowest BCUT2D eigenvalue weighted by molar-refractivity contribution is 0.0780. The van der Waals surface area contributed by atoms with Crippen molar-refractivity contribution >= 4 is 45.8 Å². The first-order chi connectivity index (χ1) is 7.18. The van der Waals surface area contributed by atoms with Crippen LogP contribution in [0.15, 0.2) is 0 Å². The molecule has 1 aliphatic heterocycles. The summed E-state index contributed by atoms with van der Waals surface area (Å²) >= 11 is 13.9. The van der Waals surface area contributed by atoms with E-state index in [4.69, 9.17) is 27.9 Å². The zero-order valence-corrected chi connectivity index (χ0v) is 11.5. The first-order valence-corrected chi connectivity index (χ1v) is 6.48. The van der Waals surface area contributed by atoms with Gasteiger partial charge in [0.05, 0.1) is 10.2 Å². The van der Waals surface area contributed by atoms with Crippen molar-refractivity contribution in [3.8, 4) is 0 Å². The predicted molar refractivity (Wildman–Crippen MR) is 67.6 cm³/mol. The van der Waals surface area contributed by atoms with Gasteiger partial charge in [0.15, 0.2) is 0 Å². The molecule has 1 atom stereocenters. The second kappa shape index (κ2) is 5.12. The lowest BCUT2D eigenvalue weighted by Crippen LogP contribution is -2.18. The SMILES string of the molecule is Clc1nc(C2CCCOC2)nc(Cl)c1I. The molecule has 0 spiro atoms. The molecule has 1 aromatic rings. The van der Waals surface area contributed by atoms with Crippen molar-refractivity contribution in [2.45, 2.75) is 18.8 Å². The highest BCUT2D eigenvalue weighted by Gasteiger charge is 2.21. The molecule has 0 saturated carbocycles. The van der Waals surface area contributed by atoms with E-state index in [1.807, 2.05) is 22.6 Å². The van der Waals surface area contributed by atoms with Crippen LogP contribution in [0.5, 0.6) is 0 Å². The van der Waals surface area contributed by atoms with Crippen LogP contribution >= 0.6 is 45.8 Å². The van der Waals surface area contributed by atoms with Gasteiger partial charge in [0.2, 0.25) is 0 Å². The summed E-state index contributed by atoms with van der Waals surface area (Å²) in [6.07, 6.45) is 2.07. The first-order valence-electron chi connectivity index (χ1n) is 4.64. The molecule has 0 bridgehead atoms. The lowest BCUT2D eigenvalue weighted by atomic mass is 10.0. The average Bonchev–Trinajstić information content (AvgIpc) is 2.26. The number of nitrogens with zero attached hydrogens (tertiary/aromatic N) is 2. The van der Waals surface area contributed by atoms with Crippen LogP contribution in [0.2, 0.25) is 10.3 Å². The van der Waals surface area contributed by atoms with Crippen LogP contribution in [0.3, 0.4) is 0 Å². The monoisotopic (exact) mass is 358 g/mol. The summed E-state index contributed by atoms with van der Waals surface area (Å²) in [6, 6.07) is 0. The van der Waals surface area contributed by atoms with Gasteiger partial charge in [-0.05, 0) is 35.4 Å². The molecule has 3 nitrogen and oxygen atoms in total. The standard InChI is InChI=1S/C9H9Cl2IN2O/c10-7-6(12)8(11)14-9(13-7)5-2-1-3-15-4-5/h5H,1-4H2. The number of aromatic nitrogens is 2. The average molecular weight is 359 g/mol. The summed E-state index contributed by atoms with van der Waals surface area (Å²) in [5.41, 5.74) is 0. The third-order valence-corrected chi connectivity index (χ3v) is 4.52. The zero-order chi connectivity index (χ0) is 10.8. The molecule has 1 aliphatic rings.